The van der Waals surface area contributed by atoms with Gasteiger partial charge in [-0.2, -0.15) is 0 Å². The van der Waals surface area contributed by atoms with Crippen LogP contribution in [0.1, 0.15) is 25.7 Å². The minimum atomic E-state index is -0.101. The number of thiazole rings is 1. The van der Waals surface area contributed by atoms with Gasteiger partial charge in [-0.15, -0.1) is 0 Å². The molecule has 8 heteroatoms. The van der Waals surface area contributed by atoms with E-state index in [2.05, 4.69) is 20.9 Å². The Kier molecular flexibility index (Phi) is 5.59. The molecule has 2 aromatic heterocycles. The van der Waals surface area contributed by atoms with Crippen LogP contribution in [0.3, 0.4) is 0 Å². The lowest BCUT2D eigenvalue weighted by molar-refractivity contribution is -0.123. The molecule has 7 nitrogen and oxygen atoms in total. The van der Waals surface area contributed by atoms with Gasteiger partial charge in [0.1, 0.15) is 0 Å². The molecule has 5 rings (SSSR count). The van der Waals surface area contributed by atoms with Gasteiger partial charge in [-0.3, -0.25) is 9.69 Å². The summed E-state index contributed by atoms with van der Waals surface area (Å²) in [7, 11) is 0. The van der Waals surface area contributed by atoms with Gasteiger partial charge in [0.05, 0.1) is 28.8 Å². The Hall–Kier alpha value is -2.58. The van der Waals surface area contributed by atoms with Crippen molar-refractivity contribution in [2.24, 2.45) is 5.92 Å². The van der Waals surface area contributed by atoms with E-state index in [0.717, 1.165) is 54.2 Å². The molecule has 1 aromatic carbocycles. The summed E-state index contributed by atoms with van der Waals surface area (Å²) in [6.45, 7) is 2.85. The van der Waals surface area contributed by atoms with Crippen molar-refractivity contribution in [1.29, 1.82) is 0 Å². The topological polar surface area (TPSA) is 71.5 Å². The number of hydrogen-bond donors (Lipinski definition) is 0. The maximum absolute atomic E-state index is 13.7. The molecule has 0 unspecified atom stereocenters. The van der Waals surface area contributed by atoms with Crippen LogP contribution in [0.2, 0.25) is 0 Å². The van der Waals surface area contributed by atoms with Crippen molar-refractivity contribution in [3.8, 4) is 0 Å². The highest BCUT2D eigenvalue weighted by Gasteiger charge is 2.34. The number of nitrogens with zero attached hydrogens (tertiary/aromatic N) is 5. The number of ether oxygens (including phenoxy) is 1. The number of benzene rings is 1. The molecule has 0 bridgehead atoms. The fourth-order valence-corrected chi connectivity index (χ4v) is 5.25. The summed E-state index contributed by atoms with van der Waals surface area (Å²) in [5.74, 6) is 0.724. The van der Waals surface area contributed by atoms with E-state index in [0.29, 0.717) is 19.0 Å². The summed E-state index contributed by atoms with van der Waals surface area (Å²) in [6, 6.07) is 9.86. The molecule has 0 radical (unpaired) electrons. The molecule has 2 fully saturated rings. The number of rotatable bonds is 5. The smallest absolute Gasteiger partial charge is 0.233 e. The van der Waals surface area contributed by atoms with Crippen molar-refractivity contribution in [2.45, 2.75) is 31.8 Å². The third kappa shape index (κ3) is 4.02. The monoisotopic (exact) mass is 423 g/mol. The molecule has 4 heterocycles. The second kappa shape index (κ2) is 8.65. The summed E-state index contributed by atoms with van der Waals surface area (Å²) < 4.78 is 6.96. The standard InChI is InChI=1S/C22H25N5O2S/c28-20(16-6-3-12-26(14-16)21-23-10-5-11-24-21)27(15-17-7-4-13-29-17)22-25-18-8-1-2-9-19(18)30-22/h1-2,5,8-11,16-17H,3-4,6-7,12-15H2/t16-,17+/m1/s1. The average molecular weight is 424 g/mol. The molecule has 0 saturated carbocycles. The summed E-state index contributed by atoms with van der Waals surface area (Å²) in [5.41, 5.74) is 0.936. The first-order valence-electron chi connectivity index (χ1n) is 10.6. The van der Waals surface area contributed by atoms with Crippen LogP contribution in [0.4, 0.5) is 11.1 Å². The molecule has 2 saturated heterocycles. The molecule has 0 N–H and O–H groups in total. The minimum Gasteiger partial charge on any atom is -0.376 e. The van der Waals surface area contributed by atoms with Crippen molar-refractivity contribution >= 4 is 38.5 Å². The van der Waals surface area contributed by atoms with E-state index >= 15 is 0 Å². The van der Waals surface area contributed by atoms with E-state index in [4.69, 9.17) is 9.72 Å². The molecule has 3 aromatic rings. The third-order valence-electron chi connectivity index (χ3n) is 5.80. The highest BCUT2D eigenvalue weighted by Crippen LogP contribution is 2.32. The van der Waals surface area contributed by atoms with Crippen LogP contribution in [0.25, 0.3) is 10.2 Å². The maximum atomic E-state index is 13.7. The van der Waals surface area contributed by atoms with E-state index in [1.807, 2.05) is 29.2 Å². The van der Waals surface area contributed by atoms with Gasteiger partial charge in [-0.1, -0.05) is 23.5 Å². The highest BCUT2D eigenvalue weighted by molar-refractivity contribution is 7.22. The number of amides is 1. The number of fused-ring (bicyclic) bond motifs is 1. The summed E-state index contributed by atoms with van der Waals surface area (Å²) in [6.07, 6.45) is 7.44. The molecule has 2 aliphatic rings. The van der Waals surface area contributed by atoms with Crippen LogP contribution < -0.4 is 9.80 Å². The lowest BCUT2D eigenvalue weighted by atomic mass is 9.96. The highest BCUT2D eigenvalue weighted by atomic mass is 32.1. The van der Waals surface area contributed by atoms with Gasteiger partial charge in [-0.05, 0) is 43.9 Å². The lowest BCUT2D eigenvalue weighted by Crippen LogP contribution is -2.47. The quantitative estimate of drug-likeness (QED) is 0.625. The van der Waals surface area contributed by atoms with E-state index in [1.165, 1.54) is 0 Å². The van der Waals surface area contributed by atoms with Gasteiger partial charge >= 0.3 is 0 Å². The van der Waals surface area contributed by atoms with Crippen molar-refractivity contribution in [3.63, 3.8) is 0 Å². The predicted octanol–water partition coefficient (Wildman–Crippen LogP) is 3.51. The number of para-hydroxylation sites is 1. The van der Waals surface area contributed by atoms with Gasteiger partial charge in [0, 0.05) is 32.1 Å². The van der Waals surface area contributed by atoms with Gasteiger partial charge in [-0.25, -0.2) is 15.0 Å². The Bertz CT molecular complexity index is 972. The van der Waals surface area contributed by atoms with Crippen LogP contribution in [0.5, 0.6) is 0 Å². The Labute approximate surface area is 179 Å². The average Bonchev–Trinajstić information content (AvgIpc) is 3.47. The van der Waals surface area contributed by atoms with E-state index in [9.17, 15) is 4.79 Å². The number of hydrogen-bond acceptors (Lipinski definition) is 7. The molecular formula is C22H25N5O2S. The van der Waals surface area contributed by atoms with Crippen LogP contribution in [0.15, 0.2) is 42.7 Å². The zero-order chi connectivity index (χ0) is 20.3. The largest absolute Gasteiger partial charge is 0.376 e. The van der Waals surface area contributed by atoms with Crippen LogP contribution >= 0.6 is 11.3 Å². The number of aromatic nitrogens is 3. The van der Waals surface area contributed by atoms with E-state index < -0.39 is 0 Å². The molecule has 2 aliphatic heterocycles. The first kappa shape index (κ1) is 19.4. The summed E-state index contributed by atoms with van der Waals surface area (Å²) in [4.78, 5) is 31.2. The van der Waals surface area contributed by atoms with Gasteiger partial charge < -0.3 is 9.64 Å². The Morgan fingerprint density at radius 1 is 1.17 bits per heavy atom. The zero-order valence-electron chi connectivity index (χ0n) is 16.8. The predicted molar refractivity (Wildman–Crippen MR) is 118 cm³/mol. The lowest BCUT2D eigenvalue weighted by Gasteiger charge is -2.34. The van der Waals surface area contributed by atoms with Gasteiger partial charge in [0.2, 0.25) is 11.9 Å². The van der Waals surface area contributed by atoms with Crippen molar-refractivity contribution in [1.82, 2.24) is 15.0 Å². The molecular weight excluding hydrogens is 398 g/mol. The summed E-state index contributed by atoms with van der Waals surface area (Å²) in [5, 5.41) is 0.768. The Morgan fingerprint density at radius 2 is 2.03 bits per heavy atom. The SMILES string of the molecule is O=C([C@@H]1CCCN(c2ncccn2)C1)N(C[C@@H]1CCCO1)c1nc2ccccc2s1. The number of carbonyl (C=O) groups excluding carboxylic acids is 1. The number of carbonyl (C=O) groups is 1. The third-order valence-corrected chi connectivity index (χ3v) is 6.85. The second-order valence-electron chi connectivity index (χ2n) is 7.88. The fourth-order valence-electron chi connectivity index (χ4n) is 4.27. The van der Waals surface area contributed by atoms with E-state index in [1.54, 1.807) is 23.7 Å². The first-order chi connectivity index (χ1) is 14.8. The minimum absolute atomic E-state index is 0.0816. The van der Waals surface area contributed by atoms with Crippen LogP contribution in [0, 0.1) is 5.92 Å². The van der Waals surface area contributed by atoms with Crippen molar-refractivity contribution in [3.05, 3.63) is 42.7 Å². The van der Waals surface area contributed by atoms with Crippen molar-refractivity contribution < 1.29 is 9.53 Å². The molecule has 156 valence electrons. The molecule has 1 amide bonds. The molecule has 0 aliphatic carbocycles. The first-order valence-corrected chi connectivity index (χ1v) is 11.4. The normalized spacial score (nSPS) is 21.8. The Morgan fingerprint density at radius 3 is 2.83 bits per heavy atom. The zero-order valence-corrected chi connectivity index (χ0v) is 17.6. The number of piperidine rings is 1. The molecule has 2 atom stereocenters. The van der Waals surface area contributed by atoms with Crippen LogP contribution in [-0.4, -0.2) is 53.2 Å². The second-order valence-corrected chi connectivity index (χ2v) is 8.89. The van der Waals surface area contributed by atoms with Gasteiger partial charge in [0.15, 0.2) is 5.13 Å². The van der Waals surface area contributed by atoms with Crippen molar-refractivity contribution in [2.75, 3.05) is 36.0 Å². The fraction of sp³-hybridized carbons (Fsp3) is 0.455. The van der Waals surface area contributed by atoms with Crippen LogP contribution in [-0.2, 0) is 9.53 Å². The molecule has 30 heavy (non-hydrogen) atoms. The Balaban J connectivity index is 1.40. The van der Waals surface area contributed by atoms with Gasteiger partial charge in [0.25, 0.3) is 0 Å². The summed E-state index contributed by atoms with van der Waals surface area (Å²) >= 11 is 1.58. The molecule has 0 spiro atoms. The van der Waals surface area contributed by atoms with E-state index in [-0.39, 0.29) is 17.9 Å². The maximum Gasteiger partial charge on any atom is 0.233 e. The number of anilines is 2.